The van der Waals surface area contributed by atoms with Gasteiger partial charge in [-0.25, -0.2) is 4.79 Å². The van der Waals surface area contributed by atoms with Crippen molar-refractivity contribution in [1.29, 1.82) is 0 Å². The van der Waals surface area contributed by atoms with Crippen molar-refractivity contribution >= 4 is 17.6 Å². The zero-order valence-corrected chi connectivity index (χ0v) is 6.92. The number of pyridine rings is 1. The SMILES string of the molecule is O=C(O)C(F)(F)c1cc(Cl)ccn1. The Labute approximate surface area is 77.0 Å². The molecule has 0 aliphatic heterocycles. The standard InChI is InChI=1S/C7H4ClF2NO2/c8-4-1-2-11-5(3-4)7(9,10)6(12)13/h1-3H,(H,12,13). The molecule has 0 amide bonds. The van der Waals surface area contributed by atoms with E-state index in [0.29, 0.717) is 0 Å². The van der Waals surface area contributed by atoms with Crippen LogP contribution in [-0.2, 0) is 10.7 Å². The second-order valence-electron chi connectivity index (χ2n) is 2.24. The van der Waals surface area contributed by atoms with Gasteiger partial charge in [-0.3, -0.25) is 4.98 Å². The highest BCUT2D eigenvalue weighted by Crippen LogP contribution is 2.27. The fourth-order valence-electron chi connectivity index (χ4n) is 0.686. The third-order valence-corrected chi connectivity index (χ3v) is 1.55. The van der Waals surface area contributed by atoms with Gasteiger partial charge in [0.05, 0.1) is 0 Å². The van der Waals surface area contributed by atoms with E-state index in [9.17, 15) is 13.6 Å². The smallest absolute Gasteiger partial charge is 0.384 e. The number of aromatic nitrogens is 1. The van der Waals surface area contributed by atoms with E-state index in [-0.39, 0.29) is 5.02 Å². The summed E-state index contributed by atoms with van der Waals surface area (Å²) < 4.78 is 25.5. The summed E-state index contributed by atoms with van der Waals surface area (Å²) in [4.78, 5) is 13.3. The van der Waals surface area contributed by atoms with Crippen LogP contribution in [0.15, 0.2) is 18.3 Å². The number of hydrogen-bond acceptors (Lipinski definition) is 2. The second-order valence-corrected chi connectivity index (χ2v) is 2.68. The van der Waals surface area contributed by atoms with Crippen LogP contribution in [0.2, 0.25) is 5.02 Å². The van der Waals surface area contributed by atoms with Crippen LogP contribution >= 0.6 is 11.6 Å². The topological polar surface area (TPSA) is 50.2 Å². The molecule has 1 rings (SSSR count). The summed E-state index contributed by atoms with van der Waals surface area (Å²) in [5, 5.41) is 8.17. The predicted molar refractivity (Wildman–Crippen MR) is 40.8 cm³/mol. The van der Waals surface area contributed by atoms with Gasteiger partial charge in [0.15, 0.2) is 0 Å². The highest BCUT2D eigenvalue weighted by atomic mass is 35.5. The van der Waals surface area contributed by atoms with Crippen LogP contribution in [0.25, 0.3) is 0 Å². The summed E-state index contributed by atoms with van der Waals surface area (Å²) in [5.74, 6) is -6.24. The van der Waals surface area contributed by atoms with Crippen LogP contribution in [-0.4, -0.2) is 16.1 Å². The Bertz CT molecular complexity index is 343. The summed E-state index contributed by atoms with van der Waals surface area (Å²) in [6.45, 7) is 0. The number of aliphatic carboxylic acids is 1. The number of halogens is 3. The Hall–Kier alpha value is -1.23. The molecule has 0 atom stereocenters. The first-order valence-corrected chi connectivity index (χ1v) is 3.55. The number of carboxylic acid groups (broad SMARTS) is 1. The zero-order chi connectivity index (χ0) is 10.1. The molecule has 1 aromatic rings. The first-order chi connectivity index (χ1) is 5.94. The largest absolute Gasteiger partial charge is 0.476 e. The molecular weight excluding hydrogens is 204 g/mol. The number of carbonyl (C=O) groups is 1. The van der Waals surface area contributed by atoms with Crippen LogP contribution in [0.3, 0.4) is 0 Å². The lowest BCUT2D eigenvalue weighted by Crippen LogP contribution is -2.26. The molecule has 0 saturated heterocycles. The first kappa shape index (κ1) is 9.85. The van der Waals surface area contributed by atoms with E-state index in [2.05, 4.69) is 4.98 Å². The molecule has 13 heavy (non-hydrogen) atoms. The molecule has 0 saturated carbocycles. The molecule has 0 radical (unpaired) electrons. The van der Waals surface area contributed by atoms with E-state index in [1.165, 1.54) is 6.07 Å². The van der Waals surface area contributed by atoms with Crippen molar-refractivity contribution in [2.45, 2.75) is 5.92 Å². The van der Waals surface area contributed by atoms with Gasteiger partial charge < -0.3 is 5.11 Å². The number of alkyl halides is 2. The van der Waals surface area contributed by atoms with Crippen LogP contribution < -0.4 is 0 Å². The lowest BCUT2D eigenvalue weighted by atomic mass is 10.2. The van der Waals surface area contributed by atoms with Gasteiger partial charge in [-0.1, -0.05) is 11.6 Å². The summed E-state index contributed by atoms with van der Waals surface area (Å²) >= 11 is 5.39. The minimum atomic E-state index is -4.00. The maximum Gasteiger partial charge on any atom is 0.384 e. The van der Waals surface area contributed by atoms with E-state index in [0.717, 1.165) is 12.3 Å². The van der Waals surface area contributed by atoms with Crippen molar-refractivity contribution in [2.24, 2.45) is 0 Å². The summed E-state index contributed by atoms with van der Waals surface area (Å²) in [5.41, 5.74) is -0.868. The molecular formula is C7H4ClF2NO2. The molecule has 3 nitrogen and oxygen atoms in total. The fraction of sp³-hybridized carbons (Fsp3) is 0.143. The molecule has 0 unspecified atom stereocenters. The minimum Gasteiger partial charge on any atom is -0.476 e. The van der Waals surface area contributed by atoms with Crippen molar-refractivity contribution in [3.05, 3.63) is 29.0 Å². The van der Waals surface area contributed by atoms with E-state index in [4.69, 9.17) is 16.7 Å². The average Bonchev–Trinajstić information content (AvgIpc) is 2.04. The minimum absolute atomic E-state index is 0.0194. The number of hydrogen-bond donors (Lipinski definition) is 1. The van der Waals surface area contributed by atoms with Crippen molar-refractivity contribution in [3.8, 4) is 0 Å². The van der Waals surface area contributed by atoms with Gasteiger partial charge in [0.1, 0.15) is 5.69 Å². The van der Waals surface area contributed by atoms with E-state index in [1.807, 2.05) is 0 Å². The zero-order valence-electron chi connectivity index (χ0n) is 6.17. The summed E-state index contributed by atoms with van der Waals surface area (Å²) in [7, 11) is 0. The normalized spacial score (nSPS) is 11.3. The Kier molecular flexibility index (Phi) is 2.47. The van der Waals surface area contributed by atoms with Gasteiger partial charge in [0, 0.05) is 11.2 Å². The van der Waals surface area contributed by atoms with E-state index < -0.39 is 17.6 Å². The molecule has 0 fully saturated rings. The predicted octanol–water partition coefficient (Wildman–Crippen LogP) is 1.91. The maximum atomic E-state index is 12.7. The molecule has 0 aliphatic carbocycles. The number of rotatable bonds is 2. The van der Waals surface area contributed by atoms with Crippen LogP contribution in [0.5, 0.6) is 0 Å². The van der Waals surface area contributed by atoms with E-state index in [1.54, 1.807) is 0 Å². The van der Waals surface area contributed by atoms with Gasteiger partial charge in [-0.05, 0) is 12.1 Å². The van der Waals surface area contributed by atoms with Gasteiger partial charge in [0.2, 0.25) is 0 Å². The third kappa shape index (κ3) is 1.92. The fourth-order valence-corrected chi connectivity index (χ4v) is 0.846. The molecule has 0 aliphatic rings. The van der Waals surface area contributed by atoms with Crippen LogP contribution in [0.4, 0.5) is 8.78 Å². The molecule has 0 aromatic carbocycles. The highest BCUT2D eigenvalue weighted by molar-refractivity contribution is 6.30. The monoisotopic (exact) mass is 207 g/mol. The molecule has 6 heteroatoms. The summed E-state index contributed by atoms with van der Waals surface area (Å²) in [6.07, 6.45) is 1.02. The maximum absolute atomic E-state index is 12.7. The van der Waals surface area contributed by atoms with Gasteiger partial charge in [0.25, 0.3) is 0 Å². The third-order valence-electron chi connectivity index (χ3n) is 1.31. The van der Waals surface area contributed by atoms with Crippen molar-refractivity contribution < 1.29 is 18.7 Å². The summed E-state index contributed by atoms with van der Waals surface area (Å²) in [6, 6.07) is 2.10. The molecule has 1 N–H and O–H groups in total. The number of nitrogens with zero attached hydrogens (tertiary/aromatic N) is 1. The lowest BCUT2D eigenvalue weighted by Gasteiger charge is -2.09. The van der Waals surface area contributed by atoms with E-state index >= 15 is 0 Å². The molecule has 1 aromatic heterocycles. The van der Waals surface area contributed by atoms with Gasteiger partial charge in [-0.15, -0.1) is 0 Å². The van der Waals surface area contributed by atoms with Gasteiger partial charge in [-0.2, -0.15) is 8.78 Å². The van der Waals surface area contributed by atoms with Crippen LogP contribution in [0.1, 0.15) is 5.69 Å². The van der Waals surface area contributed by atoms with Crippen molar-refractivity contribution in [2.75, 3.05) is 0 Å². The van der Waals surface area contributed by atoms with Gasteiger partial charge >= 0.3 is 11.9 Å². The molecule has 0 spiro atoms. The Morgan fingerprint density at radius 3 is 2.69 bits per heavy atom. The number of carboxylic acids is 1. The average molecular weight is 208 g/mol. The molecule has 0 bridgehead atoms. The van der Waals surface area contributed by atoms with Crippen LogP contribution in [0, 0.1) is 0 Å². The first-order valence-electron chi connectivity index (χ1n) is 3.18. The van der Waals surface area contributed by atoms with Crippen molar-refractivity contribution in [3.63, 3.8) is 0 Å². The molecule has 1 heterocycles. The Morgan fingerprint density at radius 2 is 2.23 bits per heavy atom. The second kappa shape index (κ2) is 3.26. The molecule has 70 valence electrons. The Balaban J connectivity index is 3.14. The van der Waals surface area contributed by atoms with Crippen molar-refractivity contribution in [1.82, 2.24) is 4.98 Å². The lowest BCUT2D eigenvalue weighted by molar-refractivity contribution is -0.166. The quantitative estimate of drug-likeness (QED) is 0.806. The Morgan fingerprint density at radius 1 is 1.62 bits per heavy atom. The highest BCUT2D eigenvalue weighted by Gasteiger charge is 2.42.